The minimum absolute atomic E-state index is 0.538. The van der Waals surface area contributed by atoms with Crippen LogP contribution in [0.2, 0.25) is 0 Å². The van der Waals surface area contributed by atoms with Gasteiger partial charge in [0.15, 0.2) is 0 Å². The van der Waals surface area contributed by atoms with Crippen LogP contribution in [0.25, 0.3) is 0 Å². The van der Waals surface area contributed by atoms with Gasteiger partial charge in [-0.25, -0.2) is 0 Å². The second-order valence-corrected chi connectivity index (χ2v) is 4.22. The van der Waals surface area contributed by atoms with Crippen LogP contribution in [-0.2, 0) is 0 Å². The molecule has 0 aromatic heterocycles. The van der Waals surface area contributed by atoms with Crippen LogP contribution in [0.5, 0.6) is 0 Å². The predicted octanol–water partition coefficient (Wildman–Crippen LogP) is 3.57. The van der Waals surface area contributed by atoms with E-state index in [1.54, 1.807) is 5.92 Å². The van der Waals surface area contributed by atoms with Crippen molar-refractivity contribution >= 4 is 0 Å². The highest BCUT2D eigenvalue weighted by Gasteiger charge is 2.27. The van der Waals surface area contributed by atoms with Crippen molar-refractivity contribution < 1.29 is 0 Å². The minimum Gasteiger partial charge on any atom is -0.0594 e. The first-order chi connectivity index (χ1) is 4.63. The molecule has 0 aromatic carbocycles. The highest BCUT2D eigenvalue weighted by molar-refractivity contribution is 4.99. The van der Waals surface area contributed by atoms with Crippen molar-refractivity contribution in [3.63, 3.8) is 0 Å². The molecule has 0 bridgehead atoms. The van der Waals surface area contributed by atoms with Crippen molar-refractivity contribution in [1.29, 1.82) is 0 Å². The van der Waals surface area contributed by atoms with E-state index in [1.165, 1.54) is 32.1 Å². The van der Waals surface area contributed by atoms with Crippen LogP contribution in [-0.4, -0.2) is 0 Å². The summed E-state index contributed by atoms with van der Waals surface area (Å²) in [5, 5.41) is 0. The maximum atomic E-state index is 2.38. The van der Waals surface area contributed by atoms with Crippen molar-refractivity contribution in [2.75, 3.05) is 0 Å². The molecule has 1 aliphatic rings. The Morgan fingerprint density at radius 2 is 1.80 bits per heavy atom. The van der Waals surface area contributed by atoms with E-state index in [1.807, 2.05) is 0 Å². The molecule has 59 valence electrons. The molecule has 1 saturated carbocycles. The summed E-state index contributed by atoms with van der Waals surface area (Å²) >= 11 is 0. The van der Waals surface area contributed by atoms with Gasteiger partial charge in [-0.1, -0.05) is 40.0 Å². The summed E-state index contributed by atoms with van der Waals surface area (Å²) in [6.07, 6.45) is 7.08. The topological polar surface area (TPSA) is 0 Å². The van der Waals surface area contributed by atoms with E-state index in [-0.39, 0.29) is 0 Å². The van der Waals surface area contributed by atoms with Crippen molar-refractivity contribution in [2.45, 2.75) is 52.9 Å². The van der Waals surface area contributed by atoms with Crippen molar-refractivity contribution in [3.05, 3.63) is 5.92 Å². The summed E-state index contributed by atoms with van der Waals surface area (Å²) in [5.74, 6) is 1.71. The molecule has 0 aliphatic heterocycles. The maximum Gasteiger partial charge on any atom is -0.0216 e. The Bertz CT molecular complexity index is 103. The van der Waals surface area contributed by atoms with Gasteiger partial charge in [0.1, 0.15) is 0 Å². The van der Waals surface area contributed by atoms with Gasteiger partial charge in [-0.2, -0.15) is 0 Å². The van der Waals surface area contributed by atoms with Crippen molar-refractivity contribution in [1.82, 2.24) is 0 Å². The third-order valence-corrected chi connectivity index (χ3v) is 3.01. The lowest BCUT2D eigenvalue weighted by molar-refractivity contribution is 0.351. The summed E-state index contributed by atoms with van der Waals surface area (Å²) in [5.41, 5.74) is 0.538. The van der Waals surface area contributed by atoms with Gasteiger partial charge in [0, 0.05) is 0 Å². The average Bonchev–Trinajstić information content (AvgIpc) is 1.96. The van der Waals surface area contributed by atoms with Crippen LogP contribution in [0.3, 0.4) is 0 Å². The Hall–Kier alpha value is 0. The second kappa shape index (κ2) is 2.94. The number of rotatable bonds is 0. The monoisotopic (exact) mass is 139 g/mol. The lowest BCUT2D eigenvalue weighted by Crippen LogP contribution is -2.17. The van der Waals surface area contributed by atoms with Gasteiger partial charge in [0.2, 0.25) is 0 Å². The molecule has 0 spiro atoms. The van der Waals surface area contributed by atoms with Gasteiger partial charge in [0.25, 0.3) is 0 Å². The second-order valence-electron chi connectivity index (χ2n) is 4.22. The molecule has 0 heterocycles. The highest BCUT2D eigenvalue weighted by Crippen LogP contribution is 2.39. The Balaban J connectivity index is 2.52. The summed E-state index contributed by atoms with van der Waals surface area (Å²) in [6, 6.07) is 0. The van der Waals surface area contributed by atoms with Crippen LogP contribution < -0.4 is 0 Å². The normalized spacial score (nSPS) is 27.9. The van der Waals surface area contributed by atoms with Gasteiger partial charge in [-0.3, -0.25) is 0 Å². The van der Waals surface area contributed by atoms with Crippen LogP contribution in [0.1, 0.15) is 52.9 Å². The quantitative estimate of drug-likeness (QED) is 0.450. The van der Waals surface area contributed by atoms with E-state index >= 15 is 0 Å². The van der Waals surface area contributed by atoms with Crippen LogP contribution >= 0.6 is 0 Å². The SMILES string of the molecule is C[C]1CCCCCC1(C)C. The third kappa shape index (κ3) is 1.74. The fourth-order valence-corrected chi connectivity index (χ4v) is 1.69. The Morgan fingerprint density at radius 1 is 1.10 bits per heavy atom. The summed E-state index contributed by atoms with van der Waals surface area (Å²) in [7, 11) is 0. The van der Waals surface area contributed by atoms with E-state index in [2.05, 4.69) is 20.8 Å². The molecule has 1 radical (unpaired) electrons. The third-order valence-electron chi connectivity index (χ3n) is 3.01. The molecule has 0 N–H and O–H groups in total. The van der Waals surface area contributed by atoms with Gasteiger partial charge >= 0.3 is 0 Å². The molecule has 0 amide bonds. The first-order valence-electron chi connectivity index (χ1n) is 4.46. The first kappa shape index (κ1) is 8.10. The Morgan fingerprint density at radius 3 is 2.50 bits per heavy atom. The molecule has 0 atom stereocenters. The standard InChI is InChI=1S/C10H19/c1-9-7-5-4-6-8-10(9,2)3/h4-8H2,1-3H3. The zero-order valence-corrected chi connectivity index (χ0v) is 7.54. The zero-order chi connectivity index (χ0) is 7.61. The molecule has 0 aromatic rings. The lowest BCUT2D eigenvalue weighted by Gasteiger charge is -2.28. The number of hydrogen-bond acceptors (Lipinski definition) is 0. The molecule has 0 saturated heterocycles. The van der Waals surface area contributed by atoms with Gasteiger partial charge < -0.3 is 0 Å². The predicted molar refractivity (Wildman–Crippen MR) is 45.8 cm³/mol. The van der Waals surface area contributed by atoms with Gasteiger partial charge in [-0.15, -0.1) is 0 Å². The minimum atomic E-state index is 0.538. The molecule has 1 aliphatic carbocycles. The molecule has 0 unspecified atom stereocenters. The Labute approximate surface area is 65.0 Å². The molecule has 0 heteroatoms. The lowest BCUT2D eigenvalue weighted by atomic mass is 9.76. The Kier molecular flexibility index (Phi) is 2.38. The molecule has 10 heavy (non-hydrogen) atoms. The molecular formula is C10H19. The van der Waals surface area contributed by atoms with E-state index in [9.17, 15) is 0 Å². The molecule has 0 nitrogen and oxygen atoms in total. The number of hydrogen-bond donors (Lipinski definition) is 0. The summed E-state index contributed by atoms with van der Waals surface area (Å²) < 4.78 is 0. The van der Waals surface area contributed by atoms with Crippen molar-refractivity contribution in [3.8, 4) is 0 Å². The smallest absolute Gasteiger partial charge is 0.0216 e. The summed E-state index contributed by atoms with van der Waals surface area (Å²) in [4.78, 5) is 0. The van der Waals surface area contributed by atoms with E-state index in [0.717, 1.165) is 0 Å². The largest absolute Gasteiger partial charge is 0.0594 e. The van der Waals surface area contributed by atoms with Gasteiger partial charge in [0.05, 0.1) is 0 Å². The van der Waals surface area contributed by atoms with Crippen LogP contribution in [0, 0.1) is 11.3 Å². The molecule has 1 rings (SSSR count). The van der Waals surface area contributed by atoms with Crippen molar-refractivity contribution in [2.24, 2.45) is 5.41 Å². The summed E-state index contributed by atoms with van der Waals surface area (Å²) in [6.45, 7) is 7.09. The van der Waals surface area contributed by atoms with Gasteiger partial charge in [-0.05, 0) is 24.2 Å². The van der Waals surface area contributed by atoms with Crippen LogP contribution in [0.15, 0.2) is 0 Å². The van der Waals surface area contributed by atoms with E-state index in [4.69, 9.17) is 0 Å². The highest BCUT2D eigenvalue weighted by atomic mass is 14.3. The average molecular weight is 139 g/mol. The van der Waals surface area contributed by atoms with Crippen LogP contribution in [0.4, 0.5) is 0 Å². The molecule has 1 fully saturated rings. The first-order valence-corrected chi connectivity index (χ1v) is 4.46. The fourth-order valence-electron chi connectivity index (χ4n) is 1.69. The van der Waals surface area contributed by atoms with E-state index < -0.39 is 0 Å². The fraction of sp³-hybridized carbons (Fsp3) is 0.900. The van der Waals surface area contributed by atoms with E-state index in [0.29, 0.717) is 5.41 Å². The molecular weight excluding hydrogens is 120 g/mol. The maximum absolute atomic E-state index is 2.38. The zero-order valence-electron chi connectivity index (χ0n) is 7.54.